The maximum atomic E-state index is 12.6. The van der Waals surface area contributed by atoms with E-state index in [9.17, 15) is 8.42 Å². The van der Waals surface area contributed by atoms with Gasteiger partial charge in [0.2, 0.25) is 10.0 Å². The van der Waals surface area contributed by atoms with Crippen LogP contribution in [0.1, 0.15) is 24.1 Å². The fourth-order valence-corrected chi connectivity index (χ4v) is 5.40. The number of guanidine groups is 1. The molecule has 4 rings (SSSR count). The minimum atomic E-state index is -3.42. The summed E-state index contributed by atoms with van der Waals surface area (Å²) in [7, 11) is -1.67. The van der Waals surface area contributed by atoms with Gasteiger partial charge in [0.15, 0.2) is 5.96 Å². The minimum absolute atomic E-state index is 0.141. The molecule has 2 aromatic heterocycles. The molecule has 0 bridgehead atoms. The summed E-state index contributed by atoms with van der Waals surface area (Å²) in [5.74, 6) is 1.66. The van der Waals surface area contributed by atoms with Crippen LogP contribution in [0.25, 0.3) is 0 Å². The number of aliphatic imine (C=N–C) groups is 1. The molecule has 0 unspecified atom stereocenters. The quantitative estimate of drug-likeness (QED) is 0.514. The molecule has 2 aliphatic heterocycles. The number of hydrogen-bond acceptors (Lipinski definition) is 7. The van der Waals surface area contributed by atoms with Gasteiger partial charge in [-0.2, -0.15) is 4.31 Å². The average Bonchev–Trinajstić information content (AvgIpc) is 3.49. The number of nitrogens with one attached hydrogen (secondary N) is 1. The van der Waals surface area contributed by atoms with Gasteiger partial charge in [-0.15, -0.1) is 0 Å². The number of hydrogen-bond donors (Lipinski definition) is 1. The second-order valence-electron chi connectivity index (χ2n) is 7.75. The number of sulfonamides is 1. The molecule has 11 heteroatoms. The molecule has 1 N–H and O–H groups in total. The Bertz CT molecular complexity index is 980. The first-order chi connectivity index (χ1) is 15.0. The summed E-state index contributed by atoms with van der Waals surface area (Å²) in [6, 6.07) is 5.71. The molecule has 0 atom stereocenters. The van der Waals surface area contributed by atoms with E-state index in [1.54, 1.807) is 13.1 Å². The lowest BCUT2D eigenvalue weighted by Crippen LogP contribution is -2.53. The molecule has 0 spiro atoms. The van der Waals surface area contributed by atoms with Crippen molar-refractivity contribution in [2.24, 2.45) is 4.99 Å². The molecule has 0 amide bonds. The van der Waals surface area contributed by atoms with Gasteiger partial charge in [-0.3, -0.25) is 4.99 Å². The van der Waals surface area contributed by atoms with E-state index in [1.165, 1.54) is 23.4 Å². The van der Waals surface area contributed by atoms with E-state index in [0.717, 1.165) is 30.4 Å². The van der Waals surface area contributed by atoms with Gasteiger partial charge >= 0.3 is 0 Å². The molecule has 10 nitrogen and oxygen atoms in total. The molecule has 0 aliphatic carbocycles. The van der Waals surface area contributed by atoms with Crippen LogP contribution in [0.5, 0.6) is 0 Å². The van der Waals surface area contributed by atoms with E-state index >= 15 is 0 Å². The number of pyridine rings is 1. The molecule has 0 saturated carbocycles. The van der Waals surface area contributed by atoms with Crippen LogP contribution in [0.4, 0.5) is 5.82 Å². The molecular formula is C20H29N7O3S. The second kappa shape index (κ2) is 9.65. The van der Waals surface area contributed by atoms with E-state index in [-0.39, 0.29) is 5.75 Å². The van der Waals surface area contributed by atoms with Crippen molar-refractivity contribution >= 4 is 21.8 Å². The van der Waals surface area contributed by atoms with Crippen molar-refractivity contribution in [3.63, 3.8) is 0 Å². The summed E-state index contributed by atoms with van der Waals surface area (Å²) in [6.45, 7) is 4.75. The molecule has 168 valence electrons. The predicted octanol–water partition coefficient (Wildman–Crippen LogP) is 0.893. The highest BCUT2D eigenvalue weighted by molar-refractivity contribution is 7.88. The smallest absolute Gasteiger partial charge is 0.220 e. The van der Waals surface area contributed by atoms with Crippen molar-refractivity contribution < 1.29 is 12.9 Å². The van der Waals surface area contributed by atoms with Gasteiger partial charge in [0.05, 0.1) is 5.69 Å². The molecule has 0 aromatic carbocycles. The van der Waals surface area contributed by atoms with Crippen LogP contribution < -0.4 is 10.2 Å². The van der Waals surface area contributed by atoms with Crippen LogP contribution in [0, 0.1) is 0 Å². The Labute approximate surface area is 183 Å². The van der Waals surface area contributed by atoms with Crippen LogP contribution in [-0.4, -0.2) is 80.0 Å². The van der Waals surface area contributed by atoms with Crippen molar-refractivity contribution in [1.29, 1.82) is 0 Å². The summed E-state index contributed by atoms with van der Waals surface area (Å²) >= 11 is 0. The van der Waals surface area contributed by atoms with E-state index < -0.39 is 10.0 Å². The zero-order valence-corrected chi connectivity index (χ0v) is 18.6. The van der Waals surface area contributed by atoms with Gasteiger partial charge in [0.25, 0.3) is 0 Å². The first kappa shape index (κ1) is 21.6. The molecule has 0 radical (unpaired) electrons. The van der Waals surface area contributed by atoms with E-state index in [4.69, 9.17) is 4.52 Å². The Morgan fingerprint density at radius 3 is 2.61 bits per heavy atom. The normalized spacial score (nSPS) is 18.5. The fourth-order valence-electron chi connectivity index (χ4n) is 3.97. The van der Waals surface area contributed by atoms with Gasteiger partial charge in [-0.05, 0) is 30.5 Å². The topological polar surface area (TPSA) is 107 Å². The van der Waals surface area contributed by atoms with Crippen molar-refractivity contribution in [3.05, 3.63) is 41.9 Å². The largest absolute Gasteiger partial charge is 0.364 e. The summed E-state index contributed by atoms with van der Waals surface area (Å²) in [6.07, 6.45) is 5.68. The highest BCUT2D eigenvalue weighted by Gasteiger charge is 2.29. The molecule has 31 heavy (non-hydrogen) atoms. The lowest BCUT2D eigenvalue weighted by Gasteiger charge is -2.35. The molecule has 2 saturated heterocycles. The Hall–Kier alpha value is -2.66. The predicted molar refractivity (Wildman–Crippen MR) is 118 cm³/mol. The van der Waals surface area contributed by atoms with Gasteiger partial charge in [-0.1, -0.05) is 5.16 Å². The number of rotatable bonds is 6. The lowest BCUT2D eigenvalue weighted by molar-refractivity contribution is 0.259. The number of nitrogens with zero attached hydrogens (tertiary/aromatic N) is 6. The maximum Gasteiger partial charge on any atom is 0.220 e. The minimum Gasteiger partial charge on any atom is -0.364 e. The standard InChI is InChI=1S/C20H29N7O3S/c1-21-20(23-15-17-4-6-22-19(14-17)25-7-2-3-8-25)26-9-11-27(12-10-26)31(28,29)16-18-5-13-30-24-18/h4-6,13-14H,2-3,7-12,15-16H2,1H3,(H,21,23). The third-order valence-corrected chi connectivity index (χ3v) is 7.47. The first-order valence-corrected chi connectivity index (χ1v) is 12.2. The zero-order chi connectivity index (χ0) is 21.7. The molecule has 2 aromatic rings. The summed E-state index contributed by atoms with van der Waals surface area (Å²) in [5, 5.41) is 7.11. The third-order valence-electron chi connectivity index (χ3n) is 5.66. The van der Waals surface area contributed by atoms with Gasteiger partial charge in [-0.25, -0.2) is 13.4 Å². The highest BCUT2D eigenvalue weighted by Crippen LogP contribution is 2.18. The first-order valence-electron chi connectivity index (χ1n) is 10.6. The van der Waals surface area contributed by atoms with Gasteiger partial charge < -0.3 is 19.6 Å². The molecule has 4 heterocycles. The third kappa shape index (κ3) is 5.34. The van der Waals surface area contributed by atoms with Gasteiger partial charge in [0, 0.05) is 65.1 Å². The summed E-state index contributed by atoms with van der Waals surface area (Å²) in [5.41, 5.74) is 1.57. The monoisotopic (exact) mass is 447 g/mol. The van der Waals surface area contributed by atoms with Crippen molar-refractivity contribution in [1.82, 2.24) is 24.7 Å². The Balaban J connectivity index is 1.30. The Morgan fingerprint density at radius 1 is 1.16 bits per heavy atom. The Kier molecular flexibility index (Phi) is 6.71. The Morgan fingerprint density at radius 2 is 1.94 bits per heavy atom. The zero-order valence-electron chi connectivity index (χ0n) is 17.8. The fraction of sp³-hybridized carbons (Fsp3) is 0.550. The number of piperazine rings is 1. The number of aromatic nitrogens is 2. The molecule has 2 fully saturated rings. The van der Waals surface area contributed by atoms with E-state index in [1.807, 2.05) is 12.3 Å². The van der Waals surface area contributed by atoms with Crippen LogP contribution in [0.3, 0.4) is 0 Å². The van der Waals surface area contributed by atoms with Crippen LogP contribution in [-0.2, 0) is 22.3 Å². The second-order valence-corrected chi connectivity index (χ2v) is 9.72. The van der Waals surface area contributed by atoms with Crippen molar-refractivity contribution in [3.8, 4) is 0 Å². The van der Waals surface area contributed by atoms with Crippen LogP contribution >= 0.6 is 0 Å². The van der Waals surface area contributed by atoms with Gasteiger partial charge in [0.1, 0.15) is 17.8 Å². The summed E-state index contributed by atoms with van der Waals surface area (Å²) < 4.78 is 31.5. The maximum absolute atomic E-state index is 12.6. The van der Waals surface area contributed by atoms with Crippen LogP contribution in [0.2, 0.25) is 0 Å². The molecular weight excluding hydrogens is 418 g/mol. The van der Waals surface area contributed by atoms with E-state index in [0.29, 0.717) is 38.4 Å². The SMILES string of the molecule is CN=C(NCc1ccnc(N2CCCC2)c1)N1CCN(S(=O)(=O)Cc2ccon2)CC1. The summed E-state index contributed by atoms with van der Waals surface area (Å²) in [4.78, 5) is 13.3. The highest BCUT2D eigenvalue weighted by atomic mass is 32.2. The van der Waals surface area contributed by atoms with Crippen LogP contribution in [0.15, 0.2) is 40.2 Å². The number of anilines is 1. The lowest BCUT2D eigenvalue weighted by atomic mass is 10.2. The van der Waals surface area contributed by atoms with Crippen molar-refractivity contribution in [2.45, 2.75) is 25.1 Å². The molecule has 2 aliphatic rings. The average molecular weight is 448 g/mol. The van der Waals surface area contributed by atoms with Crippen molar-refractivity contribution in [2.75, 3.05) is 51.2 Å². The van der Waals surface area contributed by atoms with E-state index in [2.05, 4.69) is 36.3 Å².